The van der Waals surface area contributed by atoms with Crippen molar-refractivity contribution in [2.75, 3.05) is 39.3 Å². The summed E-state index contributed by atoms with van der Waals surface area (Å²) in [6.45, 7) is 3.73. The topological polar surface area (TPSA) is 65.9 Å². The summed E-state index contributed by atoms with van der Waals surface area (Å²) >= 11 is 6.11. The number of hydrogen-bond donors (Lipinski definition) is 1. The molecule has 6 nitrogen and oxygen atoms in total. The van der Waals surface area contributed by atoms with Gasteiger partial charge in [-0.1, -0.05) is 72.3 Å². The largest absolute Gasteiger partial charge is 0.389 e. The van der Waals surface area contributed by atoms with Crippen molar-refractivity contribution in [2.24, 2.45) is 0 Å². The number of amides is 1. The quantitative estimate of drug-likeness (QED) is 0.508. The molecule has 3 aromatic rings. The fourth-order valence-electron chi connectivity index (χ4n) is 4.27. The van der Waals surface area contributed by atoms with Crippen LogP contribution in [0.3, 0.4) is 0 Å². The molecule has 1 atom stereocenters. The first kappa shape index (κ1) is 24.4. The number of β-amino-alcohol motifs (C(OH)–C–C–N with tert-alkyl or cyclic N) is 1. The smallest absolute Gasteiger partial charge is 0.234 e. The van der Waals surface area contributed by atoms with E-state index in [1.54, 1.807) is 18.5 Å². The van der Waals surface area contributed by atoms with Crippen molar-refractivity contribution < 1.29 is 14.6 Å². The molecule has 0 radical (unpaired) electrons. The van der Waals surface area contributed by atoms with Crippen molar-refractivity contribution in [1.82, 2.24) is 14.8 Å². The van der Waals surface area contributed by atoms with E-state index in [0.29, 0.717) is 44.4 Å². The van der Waals surface area contributed by atoms with Crippen LogP contribution in [0, 0.1) is 0 Å². The molecule has 2 heterocycles. The minimum absolute atomic E-state index is 0.120. The Bertz CT molecular complexity index is 1000. The van der Waals surface area contributed by atoms with Gasteiger partial charge >= 0.3 is 0 Å². The number of aliphatic hydroxyl groups excluding tert-OH is 1. The second kappa shape index (κ2) is 12.1. The Morgan fingerprint density at radius 2 is 1.59 bits per heavy atom. The van der Waals surface area contributed by atoms with E-state index < -0.39 is 6.10 Å². The van der Waals surface area contributed by atoms with Gasteiger partial charge in [-0.3, -0.25) is 14.7 Å². The minimum atomic E-state index is -0.612. The number of rotatable bonds is 9. The molecule has 0 aliphatic carbocycles. The second-order valence-electron chi connectivity index (χ2n) is 8.52. The number of nitrogens with zero attached hydrogens (tertiary/aromatic N) is 3. The van der Waals surface area contributed by atoms with Crippen LogP contribution in [-0.2, 0) is 16.1 Å². The lowest BCUT2D eigenvalue weighted by atomic mass is 9.90. The molecule has 1 amide bonds. The summed E-state index contributed by atoms with van der Waals surface area (Å²) in [4.78, 5) is 21.7. The molecule has 178 valence electrons. The molecule has 1 aromatic heterocycles. The summed E-state index contributed by atoms with van der Waals surface area (Å²) in [6.07, 6.45) is 2.69. The van der Waals surface area contributed by atoms with Gasteiger partial charge in [0, 0.05) is 55.7 Å². The predicted octanol–water partition coefficient (Wildman–Crippen LogP) is 3.59. The Morgan fingerprint density at radius 1 is 0.971 bits per heavy atom. The first-order valence-electron chi connectivity index (χ1n) is 11.6. The van der Waals surface area contributed by atoms with Crippen LogP contribution < -0.4 is 0 Å². The van der Waals surface area contributed by atoms with Crippen molar-refractivity contribution >= 4 is 17.5 Å². The predicted molar refractivity (Wildman–Crippen MR) is 133 cm³/mol. The molecular formula is C27H30ClN3O3. The maximum atomic E-state index is 13.6. The van der Waals surface area contributed by atoms with Gasteiger partial charge in [0.2, 0.25) is 5.91 Å². The maximum absolute atomic E-state index is 13.6. The number of pyridine rings is 1. The zero-order chi connectivity index (χ0) is 23.8. The number of carbonyl (C=O) groups excluding carboxylic acids is 1. The van der Waals surface area contributed by atoms with Crippen LogP contribution in [0.2, 0.25) is 5.02 Å². The van der Waals surface area contributed by atoms with Crippen LogP contribution in [0.25, 0.3) is 0 Å². The lowest BCUT2D eigenvalue weighted by Gasteiger charge is -2.37. The monoisotopic (exact) mass is 479 g/mol. The Hall–Kier alpha value is -2.77. The number of halogens is 1. The van der Waals surface area contributed by atoms with Gasteiger partial charge in [0.05, 0.1) is 25.2 Å². The van der Waals surface area contributed by atoms with E-state index in [4.69, 9.17) is 16.3 Å². The highest BCUT2D eigenvalue weighted by Crippen LogP contribution is 2.27. The van der Waals surface area contributed by atoms with Gasteiger partial charge in [-0.2, -0.15) is 0 Å². The van der Waals surface area contributed by atoms with E-state index in [0.717, 1.165) is 16.7 Å². The standard InChI is InChI=1S/C27H30ClN3O3/c28-25-11-12-29-17-23(25)19-34-20-24(32)18-30-13-15-31(16-14-30)27(33)26(21-7-3-1-4-8-21)22-9-5-2-6-10-22/h1-12,17,24,26,32H,13-16,18-20H2. The molecule has 1 N–H and O–H groups in total. The molecule has 1 fully saturated rings. The van der Waals surface area contributed by atoms with Crippen LogP contribution in [0.1, 0.15) is 22.6 Å². The van der Waals surface area contributed by atoms with Gasteiger partial charge in [0.25, 0.3) is 0 Å². The van der Waals surface area contributed by atoms with Gasteiger partial charge in [0.1, 0.15) is 0 Å². The minimum Gasteiger partial charge on any atom is -0.389 e. The molecule has 34 heavy (non-hydrogen) atoms. The van der Waals surface area contributed by atoms with Crippen LogP contribution in [0.5, 0.6) is 0 Å². The van der Waals surface area contributed by atoms with Gasteiger partial charge in [-0.05, 0) is 17.2 Å². The van der Waals surface area contributed by atoms with E-state index in [9.17, 15) is 9.90 Å². The molecule has 1 unspecified atom stereocenters. The number of carbonyl (C=O) groups is 1. The van der Waals surface area contributed by atoms with Crippen molar-refractivity contribution in [3.63, 3.8) is 0 Å². The van der Waals surface area contributed by atoms with E-state index in [1.807, 2.05) is 65.6 Å². The van der Waals surface area contributed by atoms with Crippen molar-refractivity contribution in [2.45, 2.75) is 18.6 Å². The maximum Gasteiger partial charge on any atom is 0.234 e. The normalized spacial score (nSPS) is 15.4. The number of aliphatic hydroxyl groups is 1. The van der Waals surface area contributed by atoms with Crippen LogP contribution in [-0.4, -0.2) is 71.2 Å². The van der Waals surface area contributed by atoms with Crippen LogP contribution in [0.15, 0.2) is 79.1 Å². The number of ether oxygens (including phenoxy) is 1. The first-order valence-corrected chi connectivity index (χ1v) is 11.9. The van der Waals surface area contributed by atoms with Crippen molar-refractivity contribution in [3.05, 3.63) is 101 Å². The van der Waals surface area contributed by atoms with Gasteiger partial charge in [-0.15, -0.1) is 0 Å². The Labute approximate surface area is 205 Å². The van der Waals surface area contributed by atoms with E-state index >= 15 is 0 Å². The number of benzene rings is 2. The molecule has 7 heteroatoms. The van der Waals surface area contributed by atoms with Gasteiger partial charge in [0.15, 0.2) is 0 Å². The molecule has 0 spiro atoms. The van der Waals surface area contributed by atoms with E-state index in [1.165, 1.54) is 0 Å². The Balaban J connectivity index is 1.28. The highest BCUT2D eigenvalue weighted by molar-refractivity contribution is 6.31. The third-order valence-corrected chi connectivity index (χ3v) is 6.45. The second-order valence-corrected chi connectivity index (χ2v) is 8.92. The zero-order valence-corrected chi connectivity index (χ0v) is 19.8. The third-order valence-electron chi connectivity index (χ3n) is 6.08. The van der Waals surface area contributed by atoms with Crippen molar-refractivity contribution in [1.29, 1.82) is 0 Å². The summed E-state index contributed by atoms with van der Waals surface area (Å²) in [6, 6.07) is 21.6. The lowest BCUT2D eigenvalue weighted by molar-refractivity contribution is -0.133. The third kappa shape index (κ3) is 6.42. The number of aromatic nitrogens is 1. The Kier molecular flexibility index (Phi) is 8.66. The molecule has 1 saturated heterocycles. The zero-order valence-electron chi connectivity index (χ0n) is 19.1. The fraction of sp³-hybridized carbons (Fsp3) is 0.333. The summed E-state index contributed by atoms with van der Waals surface area (Å²) in [7, 11) is 0. The molecule has 0 bridgehead atoms. The van der Waals surface area contributed by atoms with Crippen molar-refractivity contribution in [3.8, 4) is 0 Å². The Morgan fingerprint density at radius 3 is 2.18 bits per heavy atom. The fourth-order valence-corrected chi connectivity index (χ4v) is 4.43. The average Bonchev–Trinajstić information content (AvgIpc) is 2.87. The van der Waals surface area contributed by atoms with Crippen LogP contribution >= 0.6 is 11.6 Å². The van der Waals surface area contributed by atoms with Gasteiger partial charge in [-0.25, -0.2) is 0 Å². The summed E-state index contributed by atoms with van der Waals surface area (Å²) in [5.41, 5.74) is 2.81. The number of piperazine rings is 1. The molecule has 0 saturated carbocycles. The molecular weight excluding hydrogens is 450 g/mol. The summed E-state index contributed by atoms with van der Waals surface area (Å²) in [5.74, 6) is -0.193. The van der Waals surface area contributed by atoms with E-state index in [-0.39, 0.29) is 18.4 Å². The SMILES string of the molecule is O=C(C(c1ccccc1)c1ccccc1)N1CCN(CC(O)COCc2cnccc2Cl)CC1. The van der Waals surface area contributed by atoms with Crippen LogP contribution in [0.4, 0.5) is 0 Å². The first-order chi connectivity index (χ1) is 16.6. The van der Waals surface area contributed by atoms with Gasteiger partial charge < -0.3 is 14.7 Å². The lowest BCUT2D eigenvalue weighted by Crippen LogP contribution is -2.51. The van der Waals surface area contributed by atoms with E-state index in [2.05, 4.69) is 9.88 Å². The molecule has 2 aromatic carbocycles. The highest BCUT2D eigenvalue weighted by Gasteiger charge is 2.30. The average molecular weight is 480 g/mol. The summed E-state index contributed by atoms with van der Waals surface area (Å²) in [5, 5.41) is 11.0. The highest BCUT2D eigenvalue weighted by atomic mass is 35.5. The molecule has 4 rings (SSSR count). The molecule has 1 aliphatic rings. The molecule has 1 aliphatic heterocycles. The summed E-state index contributed by atoms with van der Waals surface area (Å²) < 4.78 is 5.63. The number of hydrogen-bond acceptors (Lipinski definition) is 5.